The highest BCUT2D eigenvalue weighted by Gasteiger charge is 2.30. The number of rotatable bonds is 5. The second kappa shape index (κ2) is 5.09. The minimum atomic E-state index is -0.200. The second-order valence-corrected chi connectivity index (χ2v) is 5.00. The summed E-state index contributed by atoms with van der Waals surface area (Å²) in [6.45, 7) is 3.25. The van der Waals surface area contributed by atoms with Crippen molar-refractivity contribution in [3.8, 4) is 0 Å². The molecule has 2 aromatic rings. The first-order valence-electron chi connectivity index (χ1n) is 6.48. The Morgan fingerprint density at radius 3 is 2.58 bits per heavy atom. The normalized spacial score (nSPS) is 15.1. The van der Waals surface area contributed by atoms with Gasteiger partial charge in [0.05, 0.1) is 6.54 Å². The molecule has 0 spiro atoms. The highest BCUT2D eigenvalue weighted by molar-refractivity contribution is 5.16. The molecule has 1 heterocycles. The quantitative estimate of drug-likeness (QED) is 0.830. The van der Waals surface area contributed by atoms with Crippen molar-refractivity contribution in [2.24, 2.45) is 0 Å². The van der Waals surface area contributed by atoms with Crippen LogP contribution in [0, 0.1) is 12.7 Å². The van der Waals surface area contributed by atoms with Crippen molar-refractivity contribution in [3.63, 3.8) is 0 Å². The highest BCUT2D eigenvalue weighted by atomic mass is 19.1. The van der Waals surface area contributed by atoms with Crippen LogP contribution in [0.2, 0.25) is 0 Å². The lowest BCUT2D eigenvalue weighted by Gasteiger charge is -2.19. The van der Waals surface area contributed by atoms with Crippen molar-refractivity contribution in [3.05, 3.63) is 47.4 Å². The number of hydrogen-bond acceptors (Lipinski definition) is 4. The monoisotopic (exact) mass is 261 g/mol. The number of aryl methyl sites for hydroxylation is 1. The SMILES string of the molecule is Cc1noc(CN(Cc2ccc(F)cc2)C2CC2)n1. The Morgan fingerprint density at radius 1 is 1.26 bits per heavy atom. The molecular formula is C14H16FN3O. The molecule has 1 fully saturated rings. The molecule has 100 valence electrons. The second-order valence-electron chi connectivity index (χ2n) is 5.00. The minimum Gasteiger partial charge on any atom is -0.338 e. The standard InChI is InChI=1S/C14H16FN3O/c1-10-16-14(19-17-10)9-18(13-6-7-13)8-11-2-4-12(15)5-3-11/h2-5,13H,6-9H2,1H3. The lowest BCUT2D eigenvalue weighted by atomic mass is 10.2. The average molecular weight is 261 g/mol. The fourth-order valence-electron chi connectivity index (χ4n) is 2.16. The third-order valence-corrected chi connectivity index (χ3v) is 3.27. The first-order valence-corrected chi connectivity index (χ1v) is 6.48. The van der Waals surface area contributed by atoms with E-state index in [4.69, 9.17) is 4.52 Å². The number of aromatic nitrogens is 2. The average Bonchev–Trinajstić information content (AvgIpc) is 3.16. The summed E-state index contributed by atoms with van der Waals surface area (Å²) in [6, 6.07) is 7.22. The first kappa shape index (κ1) is 12.3. The first-order chi connectivity index (χ1) is 9.20. The predicted octanol–water partition coefficient (Wildman–Crippen LogP) is 2.68. The van der Waals surface area contributed by atoms with Crippen molar-refractivity contribution in [2.45, 2.75) is 38.9 Å². The Balaban J connectivity index is 1.69. The molecule has 0 N–H and O–H groups in total. The molecule has 3 rings (SSSR count). The Morgan fingerprint density at radius 2 is 2.00 bits per heavy atom. The van der Waals surface area contributed by atoms with Gasteiger partial charge in [0, 0.05) is 12.6 Å². The Kier molecular flexibility index (Phi) is 3.29. The van der Waals surface area contributed by atoms with Crippen LogP contribution >= 0.6 is 0 Å². The smallest absolute Gasteiger partial charge is 0.240 e. The van der Waals surface area contributed by atoms with E-state index in [1.807, 2.05) is 19.1 Å². The molecule has 0 unspecified atom stereocenters. The Bertz CT molecular complexity index is 548. The van der Waals surface area contributed by atoms with E-state index in [0.717, 1.165) is 12.1 Å². The molecule has 19 heavy (non-hydrogen) atoms. The fraction of sp³-hybridized carbons (Fsp3) is 0.429. The molecule has 0 aliphatic heterocycles. The van der Waals surface area contributed by atoms with E-state index in [9.17, 15) is 4.39 Å². The molecule has 4 nitrogen and oxygen atoms in total. The maximum Gasteiger partial charge on any atom is 0.240 e. The van der Waals surface area contributed by atoms with Gasteiger partial charge in [-0.3, -0.25) is 4.90 Å². The lowest BCUT2D eigenvalue weighted by molar-refractivity contribution is 0.209. The van der Waals surface area contributed by atoms with Gasteiger partial charge in [0.15, 0.2) is 5.82 Å². The summed E-state index contributed by atoms with van der Waals surface area (Å²) < 4.78 is 18.1. The van der Waals surface area contributed by atoms with Crippen LogP contribution in [0.15, 0.2) is 28.8 Å². The van der Waals surface area contributed by atoms with Gasteiger partial charge in [-0.2, -0.15) is 4.98 Å². The molecule has 1 aromatic heterocycles. The number of hydrogen-bond donors (Lipinski definition) is 0. The van der Waals surface area contributed by atoms with Crippen LogP contribution in [0.3, 0.4) is 0 Å². The van der Waals surface area contributed by atoms with Gasteiger partial charge in [0.2, 0.25) is 5.89 Å². The van der Waals surface area contributed by atoms with Gasteiger partial charge in [-0.25, -0.2) is 4.39 Å². The zero-order valence-electron chi connectivity index (χ0n) is 10.8. The fourth-order valence-corrected chi connectivity index (χ4v) is 2.16. The van der Waals surface area contributed by atoms with E-state index in [-0.39, 0.29) is 5.82 Å². The number of nitrogens with zero attached hydrogens (tertiary/aromatic N) is 3. The molecule has 1 saturated carbocycles. The topological polar surface area (TPSA) is 42.2 Å². The highest BCUT2D eigenvalue weighted by Crippen LogP contribution is 2.29. The van der Waals surface area contributed by atoms with Gasteiger partial charge >= 0.3 is 0 Å². The molecule has 0 bridgehead atoms. The summed E-state index contributed by atoms with van der Waals surface area (Å²) in [5.41, 5.74) is 1.10. The third-order valence-electron chi connectivity index (χ3n) is 3.27. The van der Waals surface area contributed by atoms with Crippen LogP contribution in [0.25, 0.3) is 0 Å². The summed E-state index contributed by atoms with van der Waals surface area (Å²) in [4.78, 5) is 6.54. The van der Waals surface area contributed by atoms with Gasteiger partial charge in [-0.15, -0.1) is 0 Å². The van der Waals surface area contributed by atoms with Crippen molar-refractivity contribution < 1.29 is 8.91 Å². The van der Waals surface area contributed by atoms with E-state index in [1.54, 1.807) is 0 Å². The Hall–Kier alpha value is -1.75. The summed E-state index contributed by atoms with van der Waals surface area (Å²) in [7, 11) is 0. The lowest BCUT2D eigenvalue weighted by Crippen LogP contribution is -2.25. The largest absolute Gasteiger partial charge is 0.338 e. The van der Waals surface area contributed by atoms with Gasteiger partial charge in [0.25, 0.3) is 0 Å². The van der Waals surface area contributed by atoms with E-state index < -0.39 is 0 Å². The van der Waals surface area contributed by atoms with Crippen molar-refractivity contribution >= 4 is 0 Å². The van der Waals surface area contributed by atoms with Gasteiger partial charge < -0.3 is 4.52 Å². The molecule has 1 aliphatic rings. The number of halogens is 1. The molecule has 0 amide bonds. The maximum atomic E-state index is 12.9. The van der Waals surface area contributed by atoms with Crippen molar-refractivity contribution in [2.75, 3.05) is 0 Å². The number of benzene rings is 1. The summed E-state index contributed by atoms with van der Waals surface area (Å²) in [5, 5.41) is 3.81. The van der Waals surface area contributed by atoms with Gasteiger partial charge in [0.1, 0.15) is 5.82 Å². The van der Waals surface area contributed by atoms with Crippen molar-refractivity contribution in [1.29, 1.82) is 0 Å². The van der Waals surface area contributed by atoms with Crippen LogP contribution in [-0.4, -0.2) is 21.1 Å². The molecule has 5 heteroatoms. The van der Waals surface area contributed by atoms with E-state index >= 15 is 0 Å². The van der Waals surface area contributed by atoms with E-state index in [1.165, 1.54) is 25.0 Å². The zero-order chi connectivity index (χ0) is 13.2. The van der Waals surface area contributed by atoms with Crippen molar-refractivity contribution in [1.82, 2.24) is 15.0 Å². The maximum absolute atomic E-state index is 12.9. The molecule has 0 radical (unpaired) electrons. The molecule has 0 saturated heterocycles. The molecule has 1 aromatic carbocycles. The molecule has 1 aliphatic carbocycles. The summed E-state index contributed by atoms with van der Waals surface area (Å²) >= 11 is 0. The van der Waals surface area contributed by atoms with E-state index in [0.29, 0.717) is 24.3 Å². The van der Waals surface area contributed by atoms with Crippen LogP contribution in [0.5, 0.6) is 0 Å². The summed E-state index contributed by atoms with van der Waals surface area (Å²) in [5.74, 6) is 1.10. The van der Waals surface area contributed by atoms with Crippen LogP contribution in [0.4, 0.5) is 4.39 Å². The van der Waals surface area contributed by atoms with Gasteiger partial charge in [-0.05, 0) is 37.5 Å². The molecular weight excluding hydrogens is 245 g/mol. The van der Waals surface area contributed by atoms with E-state index in [2.05, 4.69) is 15.0 Å². The minimum absolute atomic E-state index is 0.200. The molecule has 0 atom stereocenters. The van der Waals surface area contributed by atoms with Crippen LogP contribution in [-0.2, 0) is 13.1 Å². The summed E-state index contributed by atoms with van der Waals surface area (Å²) in [6.07, 6.45) is 2.41. The predicted molar refractivity (Wildman–Crippen MR) is 67.7 cm³/mol. The third kappa shape index (κ3) is 3.17. The Labute approximate surface area is 111 Å². The van der Waals surface area contributed by atoms with Gasteiger partial charge in [-0.1, -0.05) is 17.3 Å². The van der Waals surface area contributed by atoms with Crippen LogP contribution < -0.4 is 0 Å². The zero-order valence-corrected chi connectivity index (χ0v) is 10.8. The van der Waals surface area contributed by atoms with Crippen LogP contribution in [0.1, 0.15) is 30.1 Å².